The normalized spacial score (nSPS) is 22.9. The third kappa shape index (κ3) is 3.93. The number of rotatable bonds is 6. The van der Waals surface area contributed by atoms with Crippen molar-refractivity contribution < 1.29 is 24.2 Å². The van der Waals surface area contributed by atoms with Crippen molar-refractivity contribution in [2.24, 2.45) is 5.92 Å². The molecule has 5 rings (SSSR count). The van der Waals surface area contributed by atoms with E-state index in [0.717, 1.165) is 35.1 Å². The average Bonchev–Trinajstić information content (AvgIpc) is 3.47. The van der Waals surface area contributed by atoms with Crippen molar-refractivity contribution >= 4 is 18.0 Å². The molecule has 2 heterocycles. The molecule has 7 heteroatoms. The van der Waals surface area contributed by atoms with Crippen LogP contribution in [0.1, 0.15) is 56.6 Å². The molecule has 0 radical (unpaired) electrons. The Labute approximate surface area is 199 Å². The first-order valence-corrected chi connectivity index (χ1v) is 11.9. The second-order valence-corrected chi connectivity index (χ2v) is 10.3. The van der Waals surface area contributed by atoms with Crippen molar-refractivity contribution in [1.82, 2.24) is 10.2 Å². The van der Waals surface area contributed by atoms with Crippen LogP contribution in [0.15, 0.2) is 48.5 Å². The van der Waals surface area contributed by atoms with Crippen LogP contribution in [-0.4, -0.2) is 52.2 Å². The lowest BCUT2D eigenvalue weighted by Crippen LogP contribution is -2.49. The van der Waals surface area contributed by atoms with Crippen LogP contribution < -0.4 is 5.32 Å². The summed E-state index contributed by atoms with van der Waals surface area (Å²) in [5.41, 5.74) is 3.79. The smallest absolute Gasteiger partial charge is 0.407 e. The van der Waals surface area contributed by atoms with Crippen LogP contribution in [0.3, 0.4) is 0 Å². The molecular formula is C27H30N2O5. The summed E-state index contributed by atoms with van der Waals surface area (Å²) in [4.78, 5) is 39.0. The minimum absolute atomic E-state index is 0.0103. The molecule has 3 aliphatic rings. The number of ether oxygens (including phenoxy) is 1. The zero-order valence-corrected chi connectivity index (χ0v) is 19.5. The number of amides is 2. The zero-order valence-electron chi connectivity index (χ0n) is 19.5. The third-order valence-electron chi connectivity index (χ3n) is 7.52. The molecule has 2 amide bonds. The second kappa shape index (κ2) is 8.46. The topological polar surface area (TPSA) is 95.9 Å². The first kappa shape index (κ1) is 22.4. The monoisotopic (exact) mass is 462 g/mol. The number of fused-ring (bicyclic) bond motifs is 5. The van der Waals surface area contributed by atoms with Crippen LogP contribution >= 0.6 is 0 Å². The summed E-state index contributed by atoms with van der Waals surface area (Å²) in [5, 5.41) is 12.3. The van der Waals surface area contributed by atoms with E-state index >= 15 is 0 Å². The Morgan fingerprint density at radius 1 is 1.03 bits per heavy atom. The van der Waals surface area contributed by atoms with Crippen molar-refractivity contribution in [2.75, 3.05) is 6.61 Å². The van der Waals surface area contributed by atoms with Crippen molar-refractivity contribution in [3.8, 4) is 11.1 Å². The molecule has 2 fully saturated rings. The fourth-order valence-corrected chi connectivity index (χ4v) is 6.07. The Hall–Kier alpha value is -3.35. The molecule has 2 bridgehead atoms. The van der Waals surface area contributed by atoms with E-state index in [0.29, 0.717) is 6.42 Å². The van der Waals surface area contributed by atoms with Crippen LogP contribution in [0.5, 0.6) is 0 Å². The molecule has 7 nitrogen and oxygen atoms in total. The number of nitrogens with zero attached hydrogens (tertiary/aromatic N) is 1. The molecule has 3 unspecified atom stereocenters. The van der Waals surface area contributed by atoms with Crippen LogP contribution in [0.4, 0.5) is 4.79 Å². The molecule has 0 aromatic heterocycles. The van der Waals surface area contributed by atoms with E-state index in [2.05, 4.69) is 29.6 Å². The molecule has 34 heavy (non-hydrogen) atoms. The highest BCUT2D eigenvalue weighted by Crippen LogP contribution is 2.45. The van der Waals surface area contributed by atoms with Crippen LogP contribution in [0.2, 0.25) is 0 Å². The summed E-state index contributed by atoms with van der Waals surface area (Å²) in [5.74, 6) is -1.46. The molecule has 0 spiro atoms. The van der Waals surface area contributed by atoms with Crippen molar-refractivity contribution in [3.63, 3.8) is 0 Å². The zero-order chi connectivity index (χ0) is 24.0. The van der Waals surface area contributed by atoms with Gasteiger partial charge in [0, 0.05) is 30.0 Å². The van der Waals surface area contributed by atoms with Crippen molar-refractivity contribution in [2.45, 2.75) is 63.1 Å². The van der Waals surface area contributed by atoms with E-state index < -0.39 is 23.5 Å². The van der Waals surface area contributed by atoms with E-state index in [1.54, 1.807) is 18.7 Å². The SMILES string of the molecule is CC(C)(CC(=O)N1C2CCC1C(C(=O)O)C2)NC(=O)OCC1c2ccccc2-c2ccccc21. The molecule has 1 aliphatic carbocycles. The summed E-state index contributed by atoms with van der Waals surface area (Å²) >= 11 is 0. The minimum atomic E-state index is -0.832. The van der Waals surface area contributed by atoms with Crippen molar-refractivity contribution in [1.29, 1.82) is 0 Å². The molecule has 2 aromatic carbocycles. The molecule has 2 aliphatic heterocycles. The summed E-state index contributed by atoms with van der Waals surface area (Å²) in [6.45, 7) is 3.79. The number of carbonyl (C=O) groups is 3. The number of aliphatic carboxylic acids is 1. The maximum absolute atomic E-state index is 13.1. The van der Waals surface area contributed by atoms with Gasteiger partial charge in [-0.15, -0.1) is 0 Å². The lowest BCUT2D eigenvalue weighted by atomic mass is 9.89. The fraction of sp³-hybridized carbons (Fsp3) is 0.444. The Morgan fingerprint density at radius 3 is 2.24 bits per heavy atom. The minimum Gasteiger partial charge on any atom is -0.481 e. The number of benzene rings is 2. The van der Waals surface area contributed by atoms with Crippen LogP contribution in [-0.2, 0) is 14.3 Å². The Bertz CT molecular complexity index is 1100. The standard InChI is InChI=1S/C27H30N2O5/c1-27(2,14-24(30)29-16-11-12-23(29)21(13-16)25(31)32)28-26(33)34-15-22-19-9-5-3-7-17(19)18-8-4-6-10-20(18)22/h3-10,16,21-23H,11-15H2,1-2H3,(H,28,33)(H,31,32). The van der Waals surface area contributed by atoms with Gasteiger partial charge in [-0.2, -0.15) is 0 Å². The third-order valence-corrected chi connectivity index (χ3v) is 7.52. The number of carboxylic acid groups (broad SMARTS) is 1. The van der Waals surface area contributed by atoms with Gasteiger partial charge in [0.15, 0.2) is 0 Å². The number of alkyl carbamates (subject to hydrolysis) is 1. The quantitative estimate of drug-likeness (QED) is 0.672. The summed E-state index contributed by atoms with van der Waals surface area (Å²) in [6.07, 6.45) is 1.63. The van der Waals surface area contributed by atoms with E-state index in [-0.39, 0.29) is 36.9 Å². The van der Waals surface area contributed by atoms with Gasteiger partial charge in [0.25, 0.3) is 0 Å². The van der Waals surface area contributed by atoms with Gasteiger partial charge >= 0.3 is 12.1 Å². The lowest BCUT2D eigenvalue weighted by molar-refractivity contribution is -0.143. The molecule has 2 saturated heterocycles. The summed E-state index contributed by atoms with van der Waals surface area (Å²) < 4.78 is 5.63. The Balaban J connectivity index is 1.20. The first-order chi connectivity index (χ1) is 16.2. The van der Waals surface area contributed by atoms with Gasteiger partial charge in [-0.3, -0.25) is 9.59 Å². The predicted molar refractivity (Wildman–Crippen MR) is 126 cm³/mol. The van der Waals surface area contributed by atoms with Gasteiger partial charge in [-0.05, 0) is 55.4 Å². The molecule has 3 atom stereocenters. The highest BCUT2D eigenvalue weighted by molar-refractivity contribution is 5.82. The summed E-state index contributed by atoms with van der Waals surface area (Å²) in [7, 11) is 0. The highest BCUT2D eigenvalue weighted by Gasteiger charge is 2.51. The van der Waals surface area contributed by atoms with Gasteiger partial charge in [0.2, 0.25) is 5.91 Å². The maximum Gasteiger partial charge on any atom is 0.407 e. The van der Waals surface area contributed by atoms with Gasteiger partial charge in [0.05, 0.1) is 5.92 Å². The average molecular weight is 463 g/mol. The number of carboxylic acids is 1. The molecule has 2 N–H and O–H groups in total. The molecule has 2 aromatic rings. The van der Waals surface area contributed by atoms with Crippen LogP contribution in [0, 0.1) is 5.92 Å². The van der Waals surface area contributed by atoms with Gasteiger partial charge in [0.1, 0.15) is 6.61 Å². The molecule has 178 valence electrons. The number of hydrogen-bond donors (Lipinski definition) is 2. The number of carbonyl (C=O) groups excluding carboxylic acids is 2. The molecule has 0 saturated carbocycles. The summed E-state index contributed by atoms with van der Waals surface area (Å²) in [6, 6.07) is 16.1. The van der Waals surface area contributed by atoms with E-state index in [9.17, 15) is 19.5 Å². The lowest BCUT2D eigenvalue weighted by Gasteiger charge is -2.30. The highest BCUT2D eigenvalue weighted by atomic mass is 16.5. The Morgan fingerprint density at radius 2 is 1.65 bits per heavy atom. The van der Waals surface area contributed by atoms with Gasteiger partial charge in [-0.1, -0.05) is 48.5 Å². The Kier molecular flexibility index (Phi) is 5.58. The number of nitrogens with one attached hydrogen (secondary N) is 1. The van der Waals surface area contributed by atoms with Gasteiger partial charge < -0.3 is 20.1 Å². The first-order valence-electron chi connectivity index (χ1n) is 11.9. The largest absolute Gasteiger partial charge is 0.481 e. The predicted octanol–water partition coefficient (Wildman–Crippen LogP) is 4.16. The maximum atomic E-state index is 13.1. The fourth-order valence-electron chi connectivity index (χ4n) is 6.07. The molecular weight excluding hydrogens is 432 g/mol. The van der Waals surface area contributed by atoms with E-state index in [1.165, 1.54) is 0 Å². The van der Waals surface area contributed by atoms with E-state index in [1.807, 2.05) is 24.3 Å². The number of hydrogen-bond acceptors (Lipinski definition) is 4. The van der Waals surface area contributed by atoms with Gasteiger partial charge in [-0.25, -0.2) is 4.79 Å². The second-order valence-electron chi connectivity index (χ2n) is 10.3. The van der Waals surface area contributed by atoms with E-state index in [4.69, 9.17) is 4.74 Å². The van der Waals surface area contributed by atoms with Crippen LogP contribution in [0.25, 0.3) is 11.1 Å². The van der Waals surface area contributed by atoms with Crippen molar-refractivity contribution in [3.05, 3.63) is 59.7 Å².